The molecule has 0 bridgehead atoms. The van der Waals surface area contributed by atoms with Gasteiger partial charge in [-0.15, -0.1) is 11.8 Å². The summed E-state index contributed by atoms with van der Waals surface area (Å²) < 4.78 is 0.828. The van der Waals surface area contributed by atoms with Crippen LogP contribution in [0.1, 0.15) is 10.4 Å². The molecule has 21 heavy (non-hydrogen) atoms. The Balaban J connectivity index is 2.04. The van der Waals surface area contributed by atoms with Crippen LogP contribution < -0.4 is 10.6 Å². The van der Waals surface area contributed by atoms with E-state index in [0.717, 1.165) is 20.8 Å². The highest BCUT2D eigenvalue weighted by atomic mass is 79.9. The predicted octanol–water partition coefficient (Wildman–Crippen LogP) is 4.44. The zero-order valence-electron chi connectivity index (χ0n) is 11.0. The molecule has 6 heteroatoms. The lowest BCUT2D eigenvalue weighted by molar-refractivity contribution is 0.0988. The molecule has 0 fully saturated rings. The van der Waals surface area contributed by atoms with Crippen molar-refractivity contribution in [1.29, 1.82) is 0 Å². The number of hydrogen-bond donors (Lipinski definition) is 1. The van der Waals surface area contributed by atoms with Crippen LogP contribution in [-0.4, -0.2) is 18.2 Å². The molecule has 1 heterocycles. The number of carbonyl (C=O) groups is 1. The van der Waals surface area contributed by atoms with E-state index < -0.39 is 0 Å². The Morgan fingerprint density at radius 1 is 1.29 bits per heavy atom. The van der Waals surface area contributed by atoms with Crippen molar-refractivity contribution in [2.75, 3.05) is 22.9 Å². The van der Waals surface area contributed by atoms with Gasteiger partial charge in [-0.3, -0.25) is 4.79 Å². The van der Waals surface area contributed by atoms with Crippen LogP contribution in [0.3, 0.4) is 0 Å². The van der Waals surface area contributed by atoms with Crippen LogP contribution in [0, 0.1) is 0 Å². The normalized spacial score (nSPS) is 13.9. The van der Waals surface area contributed by atoms with Crippen molar-refractivity contribution >= 4 is 56.6 Å². The van der Waals surface area contributed by atoms with E-state index >= 15 is 0 Å². The third-order valence-corrected chi connectivity index (χ3v) is 5.12. The first-order chi connectivity index (χ1) is 10.1. The van der Waals surface area contributed by atoms with Crippen LogP contribution in [0.5, 0.6) is 0 Å². The topological polar surface area (TPSA) is 46.3 Å². The molecular weight excluding hydrogens is 372 g/mol. The molecule has 1 aliphatic heterocycles. The summed E-state index contributed by atoms with van der Waals surface area (Å²) in [6.45, 7) is 0.642. The highest BCUT2D eigenvalue weighted by molar-refractivity contribution is 9.10. The summed E-state index contributed by atoms with van der Waals surface area (Å²) in [6.07, 6.45) is 0. The molecule has 1 aliphatic rings. The van der Waals surface area contributed by atoms with Crippen LogP contribution in [0.2, 0.25) is 5.02 Å². The zero-order valence-corrected chi connectivity index (χ0v) is 14.1. The molecule has 0 aliphatic carbocycles. The number of rotatable bonds is 1. The van der Waals surface area contributed by atoms with Gasteiger partial charge in [-0.05, 0) is 36.4 Å². The minimum Gasteiger partial charge on any atom is -0.399 e. The summed E-state index contributed by atoms with van der Waals surface area (Å²) in [5.41, 5.74) is 7.85. The van der Waals surface area contributed by atoms with Crippen molar-refractivity contribution in [3.8, 4) is 0 Å². The molecule has 2 aromatic rings. The van der Waals surface area contributed by atoms with Crippen LogP contribution in [0.15, 0.2) is 45.8 Å². The standard InChI is InChI=1S/C15H12BrClN2OS/c16-9-1-3-12(17)11(7-9)15(20)19-5-6-21-14-4-2-10(18)8-13(14)19/h1-4,7-8H,5-6,18H2. The first-order valence-corrected chi connectivity index (χ1v) is 8.51. The molecule has 3 nitrogen and oxygen atoms in total. The molecule has 0 atom stereocenters. The fourth-order valence-corrected chi connectivity index (χ4v) is 3.79. The second kappa shape index (κ2) is 5.91. The van der Waals surface area contributed by atoms with Gasteiger partial charge in [0.1, 0.15) is 0 Å². The molecule has 3 rings (SSSR count). The molecule has 0 aromatic heterocycles. The van der Waals surface area contributed by atoms with Crippen LogP contribution in [0.4, 0.5) is 11.4 Å². The van der Waals surface area contributed by atoms with Gasteiger partial charge >= 0.3 is 0 Å². The molecule has 108 valence electrons. The van der Waals surface area contributed by atoms with E-state index in [1.165, 1.54) is 0 Å². The number of benzene rings is 2. The monoisotopic (exact) mass is 382 g/mol. The minimum atomic E-state index is -0.103. The SMILES string of the molecule is Nc1ccc2c(c1)N(C(=O)c1cc(Br)ccc1Cl)CCS2. The summed E-state index contributed by atoms with van der Waals surface area (Å²) in [6, 6.07) is 10.9. The van der Waals surface area contributed by atoms with Crippen molar-refractivity contribution in [2.45, 2.75) is 4.90 Å². The molecule has 2 N–H and O–H groups in total. The van der Waals surface area contributed by atoms with Crippen LogP contribution in [-0.2, 0) is 0 Å². The molecule has 0 spiro atoms. The summed E-state index contributed by atoms with van der Waals surface area (Å²) >= 11 is 11.3. The lowest BCUT2D eigenvalue weighted by Gasteiger charge is -2.29. The molecule has 0 unspecified atom stereocenters. The average molecular weight is 384 g/mol. The number of thioether (sulfide) groups is 1. The van der Waals surface area contributed by atoms with Gasteiger partial charge < -0.3 is 10.6 Å². The predicted molar refractivity (Wildman–Crippen MR) is 92.4 cm³/mol. The van der Waals surface area contributed by atoms with Gasteiger partial charge in [-0.1, -0.05) is 27.5 Å². The number of halogens is 2. The van der Waals surface area contributed by atoms with E-state index in [1.807, 2.05) is 24.3 Å². The Morgan fingerprint density at radius 3 is 2.90 bits per heavy atom. The largest absolute Gasteiger partial charge is 0.399 e. The van der Waals surface area contributed by atoms with Gasteiger partial charge in [0.25, 0.3) is 5.91 Å². The third kappa shape index (κ3) is 2.91. The zero-order chi connectivity index (χ0) is 15.0. The molecule has 1 amide bonds. The first-order valence-electron chi connectivity index (χ1n) is 6.35. The van der Waals surface area contributed by atoms with E-state index in [1.54, 1.807) is 28.8 Å². The minimum absolute atomic E-state index is 0.103. The third-order valence-electron chi connectivity index (χ3n) is 3.25. The second-order valence-corrected chi connectivity index (χ2v) is 7.12. The Bertz CT molecular complexity index is 723. The summed E-state index contributed by atoms with van der Waals surface area (Å²) in [4.78, 5) is 15.6. The molecule has 0 radical (unpaired) electrons. The number of anilines is 2. The van der Waals surface area contributed by atoms with Gasteiger partial charge in [0.15, 0.2) is 0 Å². The quantitative estimate of drug-likeness (QED) is 0.741. The van der Waals surface area contributed by atoms with Crippen LogP contribution in [0.25, 0.3) is 0 Å². The average Bonchev–Trinajstić information content (AvgIpc) is 2.48. The Morgan fingerprint density at radius 2 is 2.10 bits per heavy atom. The van der Waals surface area contributed by atoms with Gasteiger partial charge in [0.05, 0.1) is 16.3 Å². The highest BCUT2D eigenvalue weighted by Gasteiger charge is 2.25. The lowest BCUT2D eigenvalue weighted by Crippen LogP contribution is -2.35. The van der Waals surface area contributed by atoms with Crippen molar-refractivity contribution < 1.29 is 4.79 Å². The molecule has 2 aromatic carbocycles. The van der Waals surface area contributed by atoms with Crippen molar-refractivity contribution in [1.82, 2.24) is 0 Å². The van der Waals surface area contributed by atoms with Gasteiger partial charge in [-0.25, -0.2) is 0 Å². The number of nitrogens with two attached hydrogens (primary N) is 1. The fraction of sp³-hybridized carbons (Fsp3) is 0.133. The number of nitrogens with zero attached hydrogens (tertiary/aromatic N) is 1. The van der Waals surface area contributed by atoms with Gasteiger partial charge in [0.2, 0.25) is 0 Å². The number of nitrogen functional groups attached to an aromatic ring is 1. The van der Waals surface area contributed by atoms with Gasteiger partial charge in [-0.2, -0.15) is 0 Å². The summed E-state index contributed by atoms with van der Waals surface area (Å²) in [5.74, 6) is 0.752. The van der Waals surface area contributed by atoms with Crippen molar-refractivity contribution in [3.05, 3.63) is 51.5 Å². The number of fused-ring (bicyclic) bond motifs is 1. The fourth-order valence-electron chi connectivity index (χ4n) is 2.25. The van der Waals surface area contributed by atoms with E-state index in [0.29, 0.717) is 22.8 Å². The van der Waals surface area contributed by atoms with E-state index in [2.05, 4.69) is 15.9 Å². The maximum atomic E-state index is 12.8. The maximum Gasteiger partial charge on any atom is 0.259 e. The van der Waals surface area contributed by atoms with E-state index in [9.17, 15) is 4.79 Å². The van der Waals surface area contributed by atoms with E-state index in [-0.39, 0.29) is 5.91 Å². The maximum absolute atomic E-state index is 12.8. The number of amides is 1. The smallest absolute Gasteiger partial charge is 0.259 e. The number of carbonyl (C=O) groups excluding carboxylic acids is 1. The van der Waals surface area contributed by atoms with Crippen LogP contribution >= 0.6 is 39.3 Å². The first kappa shape index (κ1) is 14.8. The van der Waals surface area contributed by atoms with Crippen molar-refractivity contribution in [2.24, 2.45) is 0 Å². The molecule has 0 saturated heterocycles. The Kier molecular flexibility index (Phi) is 4.15. The summed E-state index contributed by atoms with van der Waals surface area (Å²) in [7, 11) is 0. The molecule has 0 saturated carbocycles. The van der Waals surface area contributed by atoms with Crippen molar-refractivity contribution in [3.63, 3.8) is 0 Å². The Hall–Kier alpha value is -1.17. The lowest BCUT2D eigenvalue weighted by atomic mass is 10.1. The highest BCUT2D eigenvalue weighted by Crippen LogP contribution is 2.37. The molecular formula is C15H12BrClN2OS. The summed E-state index contributed by atoms with van der Waals surface area (Å²) in [5, 5.41) is 0.451. The Labute approximate surface area is 140 Å². The second-order valence-electron chi connectivity index (χ2n) is 4.66. The van der Waals surface area contributed by atoms with E-state index in [4.69, 9.17) is 17.3 Å². The van der Waals surface area contributed by atoms with Gasteiger partial charge in [0, 0.05) is 27.4 Å². The number of hydrogen-bond acceptors (Lipinski definition) is 3.